The van der Waals surface area contributed by atoms with E-state index >= 15 is 0 Å². The Labute approximate surface area is 116 Å². The summed E-state index contributed by atoms with van der Waals surface area (Å²) in [7, 11) is 0. The molecular weight excluding hydrogens is 290 g/mol. The minimum Gasteiger partial charge on any atom is -0.364 e. The molecule has 2 aromatic rings. The number of rotatable bonds is 3. The van der Waals surface area contributed by atoms with Crippen molar-refractivity contribution in [3.8, 4) is 0 Å². The van der Waals surface area contributed by atoms with E-state index < -0.39 is 0 Å². The van der Waals surface area contributed by atoms with Gasteiger partial charge in [0.05, 0.1) is 11.4 Å². The summed E-state index contributed by atoms with van der Waals surface area (Å²) < 4.78 is 1.09. The molecule has 0 saturated heterocycles. The van der Waals surface area contributed by atoms with Crippen LogP contribution in [0.2, 0.25) is 0 Å². The molecule has 0 unspecified atom stereocenters. The van der Waals surface area contributed by atoms with E-state index in [4.69, 9.17) is 0 Å². The number of aryl methyl sites for hydroxylation is 3. The maximum atomic E-state index is 4.45. The van der Waals surface area contributed by atoms with E-state index in [-0.39, 0.29) is 0 Å². The second-order valence-corrected chi connectivity index (χ2v) is 5.29. The van der Waals surface area contributed by atoms with E-state index in [1.165, 1.54) is 11.1 Å². The second-order valence-electron chi connectivity index (χ2n) is 4.37. The molecule has 4 heteroatoms. The minimum absolute atomic E-state index is 0.754. The third-order valence-electron chi connectivity index (χ3n) is 2.83. The highest BCUT2D eigenvalue weighted by Gasteiger charge is 2.03. The molecule has 1 aromatic heterocycles. The topological polar surface area (TPSA) is 37.8 Å². The summed E-state index contributed by atoms with van der Waals surface area (Å²) in [6.07, 6.45) is 1.78. The molecule has 0 fully saturated rings. The molecule has 0 spiro atoms. The zero-order valence-electron chi connectivity index (χ0n) is 10.8. The van der Waals surface area contributed by atoms with Gasteiger partial charge in [0.2, 0.25) is 0 Å². The standard InChI is InChI=1S/C14H16BrN3/c1-9-4-5-13(15)6-12(9)8-17-14-11(3)16-7-10(2)18-14/h4-7H,8H2,1-3H3,(H,17,18). The molecule has 1 heterocycles. The zero-order chi connectivity index (χ0) is 13.1. The first-order valence-electron chi connectivity index (χ1n) is 5.85. The van der Waals surface area contributed by atoms with Crippen LogP contribution in [0.5, 0.6) is 0 Å². The molecule has 1 aromatic carbocycles. The molecule has 0 aliphatic rings. The summed E-state index contributed by atoms with van der Waals surface area (Å²) in [4.78, 5) is 8.75. The Morgan fingerprint density at radius 3 is 2.78 bits per heavy atom. The van der Waals surface area contributed by atoms with E-state index in [9.17, 15) is 0 Å². The van der Waals surface area contributed by atoms with E-state index in [0.717, 1.165) is 28.2 Å². The maximum Gasteiger partial charge on any atom is 0.148 e. The minimum atomic E-state index is 0.754. The first-order chi connectivity index (χ1) is 8.56. The van der Waals surface area contributed by atoms with Crippen LogP contribution < -0.4 is 5.32 Å². The third-order valence-corrected chi connectivity index (χ3v) is 3.33. The second kappa shape index (κ2) is 5.48. The van der Waals surface area contributed by atoms with Gasteiger partial charge in [0.15, 0.2) is 0 Å². The number of hydrogen-bond acceptors (Lipinski definition) is 3. The normalized spacial score (nSPS) is 10.4. The third kappa shape index (κ3) is 3.07. The molecule has 2 rings (SSSR count). The Bertz CT molecular complexity index is 515. The average Bonchev–Trinajstić information content (AvgIpc) is 2.34. The van der Waals surface area contributed by atoms with Crippen LogP contribution in [0.3, 0.4) is 0 Å². The van der Waals surface area contributed by atoms with Crippen LogP contribution in [0.25, 0.3) is 0 Å². The smallest absolute Gasteiger partial charge is 0.148 e. The number of benzene rings is 1. The largest absolute Gasteiger partial charge is 0.364 e. The predicted molar refractivity (Wildman–Crippen MR) is 77.7 cm³/mol. The van der Waals surface area contributed by atoms with Gasteiger partial charge in [-0.1, -0.05) is 22.0 Å². The van der Waals surface area contributed by atoms with Crippen LogP contribution in [-0.2, 0) is 6.54 Å². The first kappa shape index (κ1) is 13.0. The molecular formula is C14H16BrN3. The van der Waals surface area contributed by atoms with Crippen molar-refractivity contribution in [2.24, 2.45) is 0 Å². The van der Waals surface area contributed by atoms with Crippen molar-refractivity contribution in [1.29, 1.82) is 0 Å². The molecule has 0 aliphatic heterocycles. The van der Waals surface area contributed by atoms with Gasteiger partial charge >= 0.3 is 0 Å². The van der Waals surface area contributed by atoms with Gasteiger partial charge in [-0.25, -0.2) is 4.98 Å². The number of aromatic nitrogens is 2. The van der Waals surface area contributed by atoms with Gasteiger partial charge in [-0.15, -0.1) is 0 Å². The van der Waals surface area contributed by atoms with E-state index in [1.807, 2.05) is 13.8 Å². The van der Waals surface area contributed by atoms with Crippen molar-refractivity contribution in [1.82, 2.24) is 9.97 Å². The van der Waals surface area contributed by atoms with Crippen LogP contribution in [0.4, 0.5) is 5.82 Å². The molecule has 18 heavy (non-hydrogen) atoms. The van der Waals surface area contributed by atoms with Crippen molar-refractivity contribution in [2.75, 3.05) is 5.32 Å². The average molecular weight is 306 g/mol. The Morgan fingerprint density at radius 2 is 2.00 bits per heavy atom. The van der Waals surface area contributed by atoms with Crippen molar-refractivity contribution in [2.45, 2.75) is 27.3 Å². The summed E-state index contributed by atoms with van der Waals surface area (Å²) in [5.74, 6) is 0.856. The van der Waals surface area contributed by atoms with E-state index in [1.54, 1.807) is 6.20 Å². The fourth-order valence-electron chi connectivity index (χ4n) is 1.71. The van der Waals surface area contributed by atoms with E-state index in [2.05, 4.69) is 56.3 Å². The Morgan fingerprint density at radius 1 is 1.22 bits per heavy atom. The fraction of sp³-hybridized carbons (Fsp3) is 0.286. The summed E-state index contributed by atoms with van der Waals surface area (Å²) in [6.45, 7) is 6.77. The molecule has 3 nitrogen and oxygen atoms in total. The van der Waals surface area contributed by atoms with Crippen LogP contribution in [0.1, 0.15) is 22.5 Å². The highest BCUT2D eigenvalue weighted by Crippen LogP contribution is 2.18. The molecule has 0 bridgehead atoms. The number of hydrogen-bond donors (Lipinski definition) is 1. The van der Waals surface area contributed by atoms with Gasteiger partial charge < -0.3 is 5.32 Å². The lowest BCUT2D eigenvalue weighted by Crippen LogP contribution is -2.06. The number of halogens is 1. The zero-order valence-corrected chi connectivity index (χ0v) is 12.4. The van der Waals surface area contributed by atoms with Gasteiger partial charge in [-0.2, -0.15) is 0 Å². The highest BCUT2D eigenvalue weighted by molar-refractivity contribution is 9.10. The molecule has 0 atom stereocenters. The number of anilines is 1. The molecule has 0 amide bonds. The lowest BCUT2D eigenvalue weighted by atomic mass is 10.1. The van der Waals surface area contributed by atoms with E-state index in [0.29, 0.717) is 0 Å². The van der Waals surface area contributed by atoms with Gasteiger partial charge in [-0.05, 0) is 44.0 Å². The Kier molecular flexibility index (Phi) is 3.97. The van der Waals surface area contributed by atoms with Gasteiger partial charge in [0, 0.05) is 17.2 Å². The Hall–Kier alpha value is -1.42. The van der Waals surface area contributed by atoms with Crippen LogP contribution in [0, 0.1) is 20.8 Å². The Balaban J connectivity index is 2.16. The summed E-state index contributed by atoms with van der Waals surface area (Å²) in [5, 5.41) is 3.34. The molecule has 0 radical (unpaired) electrons. The van der Waals surface area contributed by atoms with Crippen molar-refractivity contribution in [3.05, 3.63) is 51.4 Å². The lowest BCUT2D eigenvalue weighted by molar-refractivity contribution is 1.01. The van der Waals surface area contributed by atoms with Gasteiger partial charge in [0.25, 0.3) is 0 Å². The van der Waals surface area contributed by atoms with Crippen LogP contribution >= 0.6 is 15.9 Å². The van der Waals surface area contributed by atoms with Crippen LogP contribution in [0.15, 0.2) is 28.9 Å². The monoisotopic (exact) mass is 305 g/mol. The molecule has 94 valence electrons. The molecule has 0 saturated carbocycles. The van der Waals surface area contributed by atoms with Gasteiger partial charge in [-0.3, -0.25) is 4.98 Å². The van der Waals surface area contributed by atoms with Crippen molar-refractivity contribution < 1.29 is 0 Å². The van der Waals surface area contributed by atoms with Crippen LogP contribution in [-0.4, -0.2) is 9.97 Å². The molecule has 0 aliphatic carbocycles. The highest BCUT2D eigenvalue weighted by atomic mass is 79.9. The summed E-state index contributed by atoms with van der Waals surface area (Å²) in [6, 6.07) is 6.29. The van der Waals surface area contributed by atoms with Gasteiger partial charge in [0.1, 0.15) is 5.82 Å². The summed E-state index contributed by atoms with van der Waals surface area (Å²) >= 11 is 3.49. The molecule has 1 N–H and O–H groups in total. The predicted octanol–water partition coefficient (Wildman–Crippen LogP) is 3.78. The maximum absolute atomic E-state index is 4.45. The summed E-state index contributed by atoms with van der Waals surface area (Å²) in [5.41, 5.74) is 4.37. The number of nitrogens with zero attached hydrogens (tertiary/aromatic N) is 2. The quantitative estimate of drug-likeness (QED) is 0.938. The van der Waals surface area contributed by atoms with Crippen molar-refractivity contribution in [3.63, 3.8) is 0 Å². The number of nitrogens with one attached hydrogen (secondary N) is 1. The fourth-order valence-corrected chi connectivity index (χ4v) is 2.12. The lowest BCUT2D eigenvalue weighted by Gasteiger charge is -2.11. The SMILES string of the molecule is Cc1cnc(C)c(NCc2cc(Br)ccc2C)n1. The first-order valence-corrected chi connectivity index (χ1v) is 6.64. The van der Waals surface area contributed by atoms with Crippen molar-refractivity contribution >= 4 is 21.7 Å².